The van der Waals surface area contributed by atoms with Gasteiger partial charge in [-0.25, -0.2) is 0 Å². The smallest absolute Gasteiger partial charge is 0.378 e. The molecule has 30 heavy (non-hydrogen) atoms. The molecule has 0 aromatic heterocycles. The number of nitrogens with zero attached hydrogens (tertiary/aromatic N) is 1. The van der Waals surface area contributed by atoms with Crippen LogP contribution >= 0.6 is 0 Å². The molecule has 2 aromatic rings. The van der Waals surface area contributed by atoms with Gasteiger partial charge in [-0.15, -0.1) is 0 Å². The summed E-state index contributed by atoms with van der Waals surface area (Å²) in [6, 6.07) is 16.8. The standard InChI is InChI=1S/C25H37NO3Si/c1-7-18-27-30(28-19-8-2,29-20-9-3)25-16-12-23(13-17-25)21(4)22-10-14-24(15-11-22)26(5)6/h10-17H,4,7-9,18-20H2,1-3,5-6H3. The average Bonchev–Trinajstić information content (AvgIpc) is 2.78. The minimum absolute atomic E-state index is 0.631. The van der Waals surface area contributed by atoms with Crippen molar-refractivity contribution in [1.82, 2.24) is 0 Å². The highest BCUT2D eigenvalue weighted by Crippen LogP contribution is 2.24. The molecule has 0 atom stereocenters. The van der Waals surface area contributed by atoms with Crippen LogP contribution in [0.2, 0.25) is 0 Å². The summed E-state index contributed by atoms with van der Waals surface area (Å²) < 4.78 is 18.8. The fourth-order valence-corrected chi connectivity index (χ4v) is 5.83. The number of hydrogen-bond donors (Lipinski definition) is 0. The summed E-state index contributed by atoms with van der Waals surface area (Å²) in [4.78, 5) is 2.09. The van der Waals surface area contributed by atoms with Crippen LogP contribution in [0.25, 0.3) is 5.57 Å². The van der Waals surface area contributed by atoms with Crippen LogP contribution in [0.4, 0.5) is 5.69 Å². The fraction of sp³-hybridized carbons (Fsp3) is 0.440. The van der Waals surface area contributed by atoms with Gasteiger partial charge < -0.3 is 18.2 Å². The topological polar surface area (TPSA) is 30.9 Å². The maximum absolute atomic E-state index is 6.26. The lowest BCUT2D eigenvalue weighted by molar-refractivity contribution is 0.0732. The largest absolute Gasteiger partial charge is 0.537 e. The summed E-state index contributed by atoms with van der Waals surface area (Å²) >= 11 is 0. The van der Waals surface area contributed by atoms with Gasteiger partial charge in [0, 0.05) is 44.8 Å². The number of anilines is 1. The molecule has 0 amide bonds. The molecule has 0 saturated heterocycles. The average molecular weight is 428 g/mol. The summed E-state index contributed by atoms with van der Waals surface area (Å²) in [6.45, 7) is 12.5. The van der Waals surface area contributed by atoms with E-state index in [0.717, 1.165) is 41.1 Å². The molecule has 2 rings (SSSR count). The third-order valence-corrected chi connectivity index (χ3v) is 7.60. The molecule has 0 aliphatic rings. The number of hydrogen-bond acceptors (Lipinski definition) is 4. The fourth-order valence-electron chi connectivity index (χ4n) is 3.09. The lowest BCUT2D eigenvalue weighted by Crippen LogP contribution is -2.57. The van der Waals surface area contributed by atoms with Crippen molar-refractivity contribution in [2.75, 3.05) is 38.8 Å². The van der Waals surface area contributed by atoms with Crippen LogP contribution in [-0.2, 0) is 13.3 Å². The first-order valence-corrected chi connectivity index (χ1v) is 12.7. The van der Waals surface area contributed by atoms with E-state index in [1.807, 2.05) is 14.1 Å². The zero-order valence-corrected chi connectivity index (χ0v) is 20.2. The highest BCUT2D eigenvalue weighted by molar-refractivity contribution is 6.75. The lowest BCUT2D eigenvalue weighted by Gasteiger charge is -2.30. The van der Waals surface area contributed by atoms with E-state index >= 15 is 0 Å². The molecule has 0 unspecified atom stereocenters. The molecule has 0 heterocycles. The van der Waals surface area contributed by atoms with Crippen LogP contribution < -0.4 is 10.1 Å². The van der Waals surface area contributed by atoms with Crippen molar-refractivity contribution in [2.24, 2.45) is 0 Å². The second-order valence-electron chi connectivity index (χ2n) is 7.60. The zero-order chi connectivity index (χ0) is 22.0. The molecule has 0 aliphatic heterocycles. The van der Waals surface area contributed by atoms with Crippen molar-refractivity contribution < 1.29 is 13.3 Å². The molecule has 4 nitrogen and oxygen atoms in total. The summed E-state index contributed by atoms with van der Waals surface area (Å²) in [5.74, 6) is 0. The summed E-state index contributed by atoms with van der Waals surface area (Å²) in [6.07, 6.45) is 2.78. The highest BCUT2D eigenvalue weighted by atomic mass is 28.4. The van der Waals surface area contributed by atoms with Crippen molar-refractivity contribution in [3.63, 3.8) is 0 Å². The molecule has 0 aliphatic carbocycles. The van der Waals surface area contributed by atoms with E-state index in [1.165, 1.54) is 5.69 Å². The van der Waals surface area contributed by atoms with Crippen molar-refractivity contribution in [3.8, 4) is 0 Å². The molecule has 0 fully saturated rings. The molecule has 0 bridgehead atoms. The first-order chi connectivity index (χ1) is 14.5. The molecule has 164 valence electrons. The minimum atomic E-state index is -2.93. The predicted octanol–water partition coefficient (Wildman–Crippen LogP) is 5.24. The van der Waals surface area contributed by atoms with Crippen molar-refractivity contribution in [2.45, 2.75) is 40.0 Å². The van der Waals surface area contributed by atoms with Gasteiger partial charge >= 0.3 is 8.80 Å². The molecule has 0 spiro atoms. The van der Waals surface area contributed by atoms with E-state index in [2.05, 4.69) is 80.8 Å². The Kier molecular flexibility index (Phi) is 9.79. The van der Waals surface area contributed by atoms with E-state index in [4.69, 9.17) is 13.3 Å². The number of rotatable bonds is 13. The van der Waals surface area contributed by atoms with E-state index < -0.39 is 8.80 Å². The molecular weight excluding hydrogens is 390 g/mol. The number of benzene rings is 2. The van der Waals surface area contributed by atoms with E-state index in [0.29, 0.717) is 19.8 Å². The third kappa shape index (κ3) is 6.29. The molecule has 0 saturated carbocycles. The van der Waals surface area contributed by atoms with Gasteiger partial charge in [-0.1, -0.05) is 63.7 Å². The van der Waals surface area contributed by atoms with Gasteiger partial charge in [0.1, 0.15) is 0 Å². The van der Waals surface area contributed by atoms with Crippen LogP contribution in [0.5, 0.6) is 0 Å². The second kappa shape index (κ2) is 12.1. The first kappa shape index (κ1) is 24.3. The Hall–Kier alpha value is -1.92. The normalized spacial score (nSPS) is 11.5. The van der Waals surface area contributed by atoms with Gasteiger partial charge in [-0.3, -0.25) is 0 Å². The SMILES string of the molecule is C=C(c1ccc(N(C)C)cc1)c1ccc([Si](OCCC)(OCCC)OCCC)cc1. The van der Waals surface area contributed by atoms with Crippen LogP contribution in [0, 0.1) is 0 Å². The maximum atomic E-state index is 6.26. The molecule has 0 N–H and O–H groups in total. The summed E-state index contributed by atoms with van der Waals surface area (Å²) in [5.41, 5.74) is 4.37. The Morgan fingerprint density at radius 3 is 1.50 bits per heavy atom. The summed E-state index contributed by atoms with van der Waals surface area (Å²) in [7, 11) is 1.16. The Balaban J connectivity index is 2.28. The van der Waals surface area contributed by atoms with Gasteiger partial charge in [0.25, 0.3) is 0 Å². The minimum Gasteiger partial charge on any atom is -0.378 e. The molecule has 5 heteroatoms. The van der Waals surface area contributed by atoms with E-state index in [-0.39, 0.29) is 0 Å². The molecular formula is C25H37NO3Si. The lowest BCUT2D eigenvalue weighted by atomic mass is 9.99. The van der Waals surface area contributed by atoms with Crippen LogP contribution in [0.1, 0.15) is 51.2 Å². The third-order valence-electron chi connectivity index (χ3n) is 4.81. The Morgan fingerprint density at radius 2 is 1.13 bits per heavy atom. The summed E-state index contributed by atoms with van der Waals surface area (Å²) in [5, 5.41) is 1.01. The van der Waals surface area contributed by atoms with Gasteiger partial charge in [0.05, 0.1) is 0 Å². The molecule has 2 aromatic carbocycles. The Bertz CT molecular complexity index is 750. The Morgan fingerprint density at radius 1 is 0.733 bits per heavy atom. The van der Waals surface area contributed by atoms with E-state index in [1.54, 1.807) is 0 Å². The van der Waals surface area contributed by atoms with Gasteiger partial charge in [0.15, 0.2) is 0 Å². The predicted molar refractivity (Wildman–Crippen MR) is 129 cm³/mol. The van der Waals surface area contributed by atoms with Crippen LogP contribution in [-0.4, -0.2) is 42.7 Å². The van der Waals surface area contributed by atoms with Crippen molar-refractivity contribution >= 4 is 25.3 Å². The maximum Gasteiger partial charge on any atom is 0.537 e. The second-order valence-corrected chi connectivity index (χ2v) is 10.2. The van der Waals surface area contributed by atoms with Crippen molar-refractivity contribution in [3.05, 3.63) is 66.2 Å². The Labute approximate surface area is 183 Å². The quantitative estimate of drug-likeness (QED) is 0.409. The van der Waals surface area contributed by atoms with Gasteiger partial charge in [-0.2, -0.15) is 0 Å². The zero-order valence-electron chi connectivity index (χ0n) is 19.2. The van der Waals surface area contributed by atoms with Crippen molar-refractivity contribution in [1.29, 1.82) is 0 Å². The van der Waals surface area contributed by atoms with Crippen LogP contribution in [0.15, 0.2) is 55.1 Å². The van der Waals surface area contributed by atoms with Crippen LogP contribution in [0.3, 0.4) is 0 Å². The molecule has 0 radical (unpaired) electrons. The van der Waals surface area contributed by atoms with E-state index in [9.17, 15) is 0 Å². The van der Waals surface area contributed by atoms with Gasteiger partial charge in [0.2, 0.25) is 0 Å². The highest BCUT2D eigenvalue weighted by Gasteiger charge is 2.43. The first-order valence-electron chi connectivity index (χ1n) is 11.0. The van der Waals surface area contributed by atoms with Gasteiger partial charge in [-0.05, 0) is 48.1 Å². The monoisotopic (exact) mass is 427 g/mol.